The molecule has 9 rings (SSSR count). The number of para-hydroxylation sites is 2. The molecule has 0 saturated carbocycles. The minimum atomic E-state index is 0.315. The van der Waals surface area contributed by atoms with E-state index in [2.05, 4.69) is 83.6 Å². The van der Waals surface area contributed by atoms with Crippen molar-refractivity contribution in [3.63, 3.8) is 0 Å². The lowest BCUT2D eigenvalue weighted by Gasteiger charge is -2.15. The average molecular weight is 654 g/mol. The van der Waals surface area contributed by atoms with E-state index in [1.165, 1.54) is 20.4 Å². The number of fused-ring (bicyclic) bond motifs is 8. The molecule has 0 aliphatic heterocycles. The molecule has 0 aliphatic rings. The first-order valence-electron chi connectivity index (χ1n) is 14.3. The molecule has 0 N–H and O–H groups in total. The lowest BCUT2D eigenvalue weighted by atomic mass is 10.2. The molecule has 0 aliphatic carbocycles. The predicted molar refractivity (Wildman–Crippen MR) is 186 cm³/mol. The van der Waals surface area contributed by atoms with Crippen LogP contribution in [0.5, 0.6) is 0 Å². The van der Waals surface area contributed by atoms with Crippen molar-refractivity contribution in [3.05, 3.63) is 82.8 Å². The Hall–Kier alpha value is -4.08. The third-order valence-electron chi connectivity index (χ3n) is 8.18. The summed E-state index contributed by atoms with van der Waals surface area (Å²) in [6.45, 7) is 5.93. The summed E-state index contributed by atoms with van der Waals surface area (Å²) in [5.41, 5.74) is 8.77. The molecule has 6 nitrogen and oxygen atoms in total. The molecule has 0 radical (unpaired) electrons. The summed E-state index contributed by atoms with van der Waals surface area (Å²) in [6, 6.07) is 25.0. The van der Waals surface area contributed by atoms with Gasteiger partial charge in [-0.25, -0.2) is 9.97 Å². The van der Waals surface area contributed by atoms with Gasteiger partial charge in [0, 0.05) is 25.2 Å². The molecule has 0 atom stereocenters. The van der Waals surface area contributed by atoms with Gasteiger partial charge in [0.15, 0.2) is 22.3 Å². The Morgan fingerprint density at radius 2 is 1.02 bits per heavy atom. The highest BCUT2D eigenvalue weighted by Crippen LogP contribution is 2.42. The molecule has 0 spiro atoms. The van der Waals surface area contributed by atoms with E-state index >= 15 is 0 Å². The average Bonchev–Trinajstić information content (AvgIpc) is 3.05. The summed E-state index contributed by atoms with van der Waals surface area (Å²) in [6.07, 6.45) is 0. The lowest BCUT2D eigenvalue weighted by Crippen LogP contribution is -1.99. The van der Waals surface area contributed by atoms with Crippen molar-refractivity contribution in [2.24, 2.45) is 0 Å². The van der Waals surface area contributed by atoms with Crippen LogP contribution in [0.2, 0.25) is 10.0 Å². The number of rotatable bonds is 2. The maximum atomic E-state index is 7.03. The highest BCUT2D eigenvalue weighted by atomic mass is 35.5. The molecule has 0 bridgehead atoms. The molecule has 44 heavy (non-hydrogen) atoms. The molecule has 9 aromatic rings. The third-order valence-corrected chi connectivity index (χ3v) is 11.1. The molecular weight excluding hydrogens is 631 g/mol. The zero-order valence-electron chi connectivity index (χ0n) is 23.5. The topological polar surface area (TPSA) is 61.9 Å². The fourth-order valence-electron chi connectivity index (χ4n) is 6.18. The Kier molecular flexibility index (Phi) is 5.81. The quantitative estimate of drug-likeness (QED) is 0.174. The van der Waals surface area contributed by atoms with Gasteiger partial charge in [-0.15, -0.1) is 22.7 Å². The van der Waals surface area contributed by atoms with E-state index in [4.69, 9.17) is 42.0 Å². The highest BCUT2D eigenvalue weighted by Gasteiger charge is 2.21. The molecule has 0 unspecified atom stereocenters. The summed E-state index contributed by atoms with van der Waals surface area (Å²) in [4.78, 5) is 9.95. The zero-order chi connectivity index (χ0) is 29.7. The van der Waals surface area contributed by atoms with E-state index in [0.717, 1.165) is 33.5 Å². The number of nitrogens with zero attached hydrogens (tertiary/aromatic N) is 4. The second kappa shape index (κ2) is 9.71. The third kappa shape index (κ3) is 3.72. The second-order valence-electron chi connectivity index (χ2n) is 10.6. The van der Waals surface area contributed by atoms with E-state index in [9.17, 15) is 0 Å². The molecule has 5 aromatic carbocycles. The fraction of sp³-hybridized carbons (Fsp3) is 0.118. The minimum absolute atomic E-state index is 0.315. The van der Waals surface area contributed by atoms with Crippen molar-refractivity contribution in [2.75, 3.05) is 0 Å². The SMILES string of the molecule is CCn1c2ccccc2sc2cc3oc4c(Cl)c5nc6cc7c(cc6oc5c(Cl)c4nc3cc21)sc1ccccc1n7CC. The monoisotopic (exact) mass is 652 g/mol. The first-order chi connectivity index (χ1) is 21.5. The zero-order valence-corrected chi connectivity index (χ0v) is 26.7. The largest absolute Gasteiger partial charge is 0.451 e. The van der Waals surface area contributed by atoms with Crippen LogP contribution in [0.3, 0.4) is 0 Å². The van der Waals surface area contributed by atoms with Crippen LogP contribution in [0.4, 0.5) is 0 Å². The molecule has 0 saturated heterocycles. The Morgan fingerprint density at radius 3 is 1.45 bits per heavy atom. The van der Waals surface area contributed by atoms with Gasteiger partial charge in [-0.1, -0.05) is 47.5 Å². The van der Waals surface area contributed by atoms with Gasteiger partial charge in [0.05, 0.1) is 40.9 Å². The smallest absolute Gasteiger partial charge is 0.175 e. The summed E-state index contributed by atoms with van der Waals surface area (Å²) in [7, 11) is 0. The number of hydrogen-bond acceptors (Lipinski definition) is 6. The van der Waals surface area contributed by atoms with Crippen LogP contribution in [0.1, 0.15) is 13.8 Å². The highest BCUT2D eigenvalue weighted by molar-refractivity contribution is 7.24. The van der Waals surface area contributed by atoms with Crippen molar-refractivity contribution in [1.29, 1.82) is 0 Å². The molecule has 0 amide bonds. The van der Waals surface area contributed by atoms with Gasteiger partial charge in [0.25, 0.3) is 0 Å². The van der Waals surface area contributed by atoms with E-state index < -0.39 is 0 Å². The minimum Gasteiger partial charge on any atom is -0.451 e. The predicted octanol–water partition coefficient (Wildman–Crippen LogP) is 11.6. The molecule has 10 heteroatoms. The summed E-state index contributed by atoms with van der Waals surface area (Å²) < 4.78 is 22.1. The van der Waals surface area contributed by atoms with Gasteiger partial charge in [-0.3, -0.25) is 0 Å². The Balaban J connectivity index is 1.35. The van der Waals surface area contributed by atoms with E-state index in [1.54, 1.807) is 22.7 Å². The fourth-order valence-corrected chi connectivity index (χ4v) is 8.91. The van der Waals surface area contributed by atoms with Crippen molar-refractivity contribution in [1.82, 2.24) is 19.1 Å². The summed E-state index contributed by atoms with van der Waals surface area (Å²) in [5.74, 6) is 0. The van der Waals surface area contributed by atoms with Crippen LogP contribution in [0, 0.1) is 0 Å². The number of hydrogen-bond donors (Lipinski definition) is 0. The van der Waals surface area contributed by atoms with Crippen LogP contribution >= 0.6 is 45.9 Å². The maximum absolute atomic E-state index is 7.03. The van der Waals surface area contributed by atoms with Crippen LogP contribution in [-0.2, 0) is 13.1 Å². The summed E-state index contributed by atoms with van der Waals surface area (Å²) >= 11 is 17.5. The van der Waals surface area contributed by atoms with Crippen LogP contribution in [-0.4, -0.2) is 19.1 Å². The van der Waals surface area contributed by atoms with Crippen molar-refractivity contribution in [2.45, 2.75) is 26.9 Å². The van der Waals surface area contributed by atoms with Gasteiger partial charge in [-0.2, -0.15) is 0 Å². The van der Waals surface area contributed by atoms with Crippen molar-refractivity contribution < 1.29 is 8.83 Å². The van der Waals surface area contributed by atoms with Crippen LogP contribution < -0.4 is 0 Å². The van der Waals surface area contributed by atoms with E-state index in [0.29, 0.717) is 54.4 Å². The van der Waals surface area contributed by atoms with E-state index in [1.807, 2.05) is 12.1 Å². The Morgan fingerprint density at radius 1 is 0.591 bits per heavy atom. The van der Waals surface area contributed by atoms with Crippen molar-refractivity contribution >= 4 is 131 Å². The summed E-state index contributed by atoms with van der Waals surface area (Å²) in [5, 5.41) is 0.630. The van der Waals surface area contributed by atoms with Gasteiger partial charge in [0.2, 0.25) is 0 Å². The Labute approximate surface area is 267 Å². The van der Waals surface area contributed by atoms with Crippen molar-refractivity contribution in [3.8, 4) is 0 Å². The second-order valence-corrected chi connectivity index (χ2v) is 13.5. The van der Waals surface area contributed by atoms with Gasteiger partial charge >= 0.3 is 0 Å². The number of aryl methyl sites for hydroxylation is 2. The Bertz CT molecular complexity index is 2550. The van der Waals surface area contributed by atoms with Gasteiger partial charge < -0.3 is 18.0 Å². The molecule has 216 valence electrons. The number of halogens is 2. The molecule has 4 heterocycles. The maximum Gasteiger partial charge on any atom is 0.175 e. The van der Waals surface area contributed by atoms with Gasteiger partial charge in [0.1, 0.15) is 32.1 Å². The number of aromatic nitrogens is 4. The van der Waals surface area contributed by atoms with E-state index in [-0.39, 0.29) is 0 Å². The normalized spacial score (nSPS) is 12.3. The van der Waals surface area contributed by atoms with Crippen LogP contribution in [0.25, 0.3) is 85.3 Å². The number of benzene rings is 5. The standard InChI is InChI=1S/C34H22Cl2N4O2S2/c1-3-39-19-9-5-7-11-25(19)43-27-15-23-17(13-21(27)39)37-31-29(35)34-32(30(36)33(31)41-23)38-18-14-22-28(16-24(18)42-34)44-26-12-8-6-10-20(26)40(22)4-2/h5-16H,3-4H2,1-2H3. The molecular formula is C34H22Cl2N4O2S2. The molecule has 0 fully saturated rings. The first kappa shape index (κ1) is 26.3. The lowest BCUT2D eigenvalue weighted by molar-refractivity contribution is 0.649. The van der Waals surface area contributed by atoms with Crippen LogP contribution in [0.15, 0.2) is 81.6 Å². The van der Waals surface area contributed by atoms with Gasteiger partial charge in [-0.05, 0) is 50.2 Å². The molecule has 4 aromatic heterocycles. The first-order valence-corrected chi connectivity index (χ1v) is 16.7.